The molecule has 2 aromatic rings. The quantitative estimate of drug-likeness (QED) is 0.838. The number of hydrogen-bond donors (Lipinski definition) is 2. The first-order chi connectivity index (χ1) is 10.1. The Morgan fingerprint density at radius 2 is 2.14 bits per heavy atom. The van der Waals surface area contributed by atoms with Gasteiger partial charge in [-0.15, -0.1) is 0 Å². The molecular weight excluding hydrogens is 290 g/mol. The Bertz CT molecular complexity index is 703. The lowest BCUT2D eigenvalue weighted by molar-refractivity contribution is -0.131. The lowest BCUT2D eigenvalue weighted by Crippen LogP contribution is -2.34. The Balaban J connectivity index is 2.13. The maximum absolute atomic E-state index is 12.4. The first-order valence-corrected chi connectivity index (χ1v) is 7.64. The minimum Gasteiger partial charge on any atom is -0.338 e. The van der Waals surface area contributed by atoms with E-state index in [0.717, 1.165) is 12.0 Å². The number of aromatic nitrogens is 2. The number of hydrogen-bond acceptors (Lipinski definition) is 4. The standard InChI is InChI=1S/C14H17N3O3S/c1-2-4-17(8-10-3-5-21-9-10)13(19)7-11-6-12(18)15-16-14(11)20/h3,5-6,9H,2,4,7-8H2,1H3,(H,15,18)(H,16,20). The minimum atomic E-state index is -0.435. The van der Waals surface area contributed by atoms with Gasteiger partial charge in [-0.1, -0.05) is 6.92 Å². The van der Waals surface area contributed by atoms with Gasteiger partial charge in [0.2, 0.25) is 5.91 Å². The lowest BCUT2D eigenvalue weighted by Gasteiger charge is -2.21. The van der Waals surface area contributed by atoms with Crippen molar-refractivity contribution in [1.82, 2.24) is 15.1 Å². The van der Waals surface area contributed by atoms with E-state index in [0.29, 0.717) is 13.1 Å². The van der Waals surface area contributed by atoms with Gasteiger partial charge in [0, 0.05) is 24.7 Å². The molecule has 0 aliphatic carbocycles. The van der Waals surface area contributed by atoms with E-state index < -0.39 is 11.1 Å². The van der Waals surface area contributed by atoms with E-state index in [9.17, 15) is 14.4 Å². The average molecular weight is 307 g/mol. The zero-order chi connectivity index (χ0) is 15.2. The summed E-state index contributed by atoms with van der Waals surface area (Å²) in [4.78, 5) is 36.9. The fourth-order valence-electron chi connectivity index (χ4n) is 2.03. The van der Waals surface area contributed by atoms with Gasteiger partial charge in [-0.3, -0.25) is 24.6 Å². The molecule has 0 aromatic carbocycles. The zero-order valence-corrected chi connectivity index (χ0v) is 12.5. The van der Waals surface area contributed by atoms with E-state index in [2.05, 4.69) is 10.2 Å². The number of rotatable bonds is 6. The van der Waals surface area contributed by atoms with Gasteiger partial charge >= 0.3 is 0 Å². The molecule has 0 bridgehead atoms. The van der Waals surface area contributed by atoms with E-state index >= 15 is 0 Å². The molecule has 0 fully saturated rings. The summed E-state index contributed by atoms with van der Waals surface area (Å²) in [5.41, 5.74) is 0.406. The third kappa shape index (κ3) is 4.16. The summed E-state index contributed by atoms with van der Waals surface area (Å²) in [7, 11) is 0. The van der Waals surface area contributed by atoms with Crippen molar-refractivity contribution in [1.29, 1.82) is 0 Å². The highest BCUT2D eigenvalue weighted by Gasteiger charge is 2.16. The van der Waals surface area contributed by atoms with E-state index in [1.165, 1.54) is 6.07 Å². The van der Waals surface area contributed by atoms with Crippen LogP contribution in [0, 0.1) is 0 Å². The molecule has 2 N–H and O–H groups in total. The molecule has 2 rings (SSSR count). The zero-order valence-electron chi connectivity index (χ0n) is 11.7. The van der Waals surface area contributed by atoms with Crippen molar-refractivity contribution >= 4 is 17.2 Å². The second kappa shape index (κ2) is 7.03. The maximum Gasteiger partial charge on any atom is 0.266 e. The molecular formula is C14H17N3O3S. The normalized spacial score (nSPS) is 10.5. The van der Waals surface area contributed by atoms with Crippen LogP contribution in [0.15, 0.2) is 32.5 Å². The molecule has 0 atom stereocenters. The molecule has 0 aliphatic rings. The molecule has 2 heterocycles. The van der Waals surface area contributed by atoms with Crippen LogP contribution in [0.5, 0.6) is 0 Å². The van der Waals surface area contributed by atoms with Crippen molar-refractivity contribution in [2.24, 2.45) is 0 Å². The highest BCUT2D eigenvalue weighted by Crippen LogP contribution is 2.11. The van der Waals surface area contributed by atoms with Gasteiger partial charge in [-0.05, 0) is 28.8 Å². The van der Waals surface area contributed by atoms with Crippen LogP contribution in [-0.2, 0) is 17.8 Å². The topological polar surface area (TPSA) is 86.0 Å². The third-order valence-electron chi connectivity index (χ3n) is 3.04. The molecule has 6 nitrogen and oxygen atoms in total. The summed E-state index contributed by atoms with van der Waals surface area (Å²) in [6.07, 6.45) is 0.769. The van der Waals surface area contributed by atoms with E-state index in [1.807, 2.05) is 23.8 Å². The number of aromatic amines is 2. The number of carbonyl (C=O) groups excluding carboxylic acids is 1. The first kappa shape index (κ1) is 15.2. The molecule has 0 saturated heterocycles. The van der Waals surface area contributed by atoms with Crippen LogP contribution in [0.3, 0.4) is 0 Å². The van der Waals surface area contributed by atoms with Crippen LogP contribution in [0.2, 0.25) is 0 Å². The lowest BCUT2D eigenvalue weighted by atomic mass is 10.2. The van der Waals surface area contributed by atoms with Crippen LogP contribution in [0.4, 0.5) is 0 Å². The van der Waals surface area contributed by atoms with Gasteiger partial charge in [-0.25, -0.2) is 0 Å². The molecule has 112 valence electrons. The number of nitrogens with one attached hydrogen (secondary N) is 2. The van der Waals surface area contributed by atoms with Crippen molar-refractivity contribution in [3.05, 3.63) is 54.7 Å². The first-order valence-electron chi connectivity index (χ1n) is 6.70. The predicted molar refractivity (Wildman–Crippen MR) is 81.4 cm³/mol. The van der Waals surface area contributed by atoms with Gasteiger partial charge < -0.3 is 4.90 Å². The Hall–Kier alpha value is -2.15. The Morgan fingerprint density at radius 3 is 2.81 bits per heavy atom. The molecule has 0 radical (unpaired) electrons. The largest absolute Gasteiger partial charge is 0.338 e. The number of nitrogens with zero attached hydrogens (tertiary/aromatic N) is 1. The summed E-state index contributed by atoms with van der Waals surface area (Å²) in [6.45, 7) is 3.14. The fourth-order valence-corrected chi connectivity index (χ4v) is 2.69. The van der Waals surface area contributed by atoms with Crippen LogP contribution in [-0.4, -0.2) is 27.5 Å². The average Bonchev–Trinajstić information content (AvgIpc) is 2.95. The van der Waals surface area contributed by atoms with Gasteiger partial charge in [0.25, 0.3) is 11.1 Å². The van der Waals surface area contributed by atoms with Gasteiger partial charge in [0.15, 0.2) is 0 Å². The summed E-state index contributed by atoms with van der Waals surface area (Å²) >= 11 is 1.58. The third-order valence-corrected chi connectivity index (χ3v) is 3.77. The molecule has 0 spiro atoms. The molecule has 2 aromatic heterocycles. The summed E-state index contributed by atoms with van der Waals surface area (Å²) in [5, 5.41) is 8.37. The molecule has 0 aliphatic heterocycles. The summed E-state index contributed by atoms with van der Waals surface area (Å²) in [6, 6.07) is 3.14. The van der Waals surface area contributed by atoms with Crippen LogP contribution in [0.25, 0.3) is 0 Å². The van der Waals surface area contributed by atoms with Crippen LogP contribution in [0.1, 0.15) is 24.5 Å². The van der Waals surface area contributed by atoms with Crippen LogP contribution >= 0.6 is 11.3 Å². The maximum atomic E-state index is 12.4. The smallest absolute Gasteiger partial charge is 0.266 e. The van der Waals surface area contributed by atoms with Gasteiger partial charge in [-0.2, -0.15) is 11.3 Å². The highest BCUT2D eigenvalue weighted by molar-refractivity contribution is 7.07. The van der Waals surface area contributed by atoms with E-state index in [4.69, 9.17) is 0 Å². The molecule has 21 heavy (non-hydrogen) atoms. The SMILES string of the molecule is CCCN(Cc1ccsc1)C(=O)Cc1cc(=O)[nH][nH]c1=O. The summed E-state index contributed by atoms with van der Waals surface area (Å²) < 4.78 is 0. The minimum absolute atomic E-state index is 0.0661. The Morgan fingerprint density at radius 1 is 1.33 bits per heavy atom. The second-order valence-corrected chi connectivity index (χ2v) is 5.52. The number of carbonyl (C=O) groups is 1. The number of amides is 1. The van der Waals surface area contributed by atoms with Crippen LogP contribution < -0.4 is 11.1 Å². The molecule has 1 amide bonds. The Kier molecular flexibility index (Phi) is 5.10. The van der Waals surface area contributed by atoms with Crippen molar-refractivity contribution < 1.29 is 4.79 Å². The molecule has 0 unspecified atom stereocenters. The van der Waals surface area contributed by atoms with E-state index in [-0.39, 0.29) is 17.9 Å². The fraction of sp³-hybridized carbons (Fsp3) is 0.357. The van der Waals surface area contributed by atoms with Crippen molar-refractivity contribution in [3.63, 3.8) is 0 Å². The summed E-state index contributed by atoms with van der Waals surface area (Å²) in [5.74, 6) is -0.154. The predicted octanol–water partition coefficient (Wildman–Crippen LogP) is 1.11. The molecule has 0 saturated carbocycles. The monoisotopic (exact) mass is 307 g/mol. The molecule has 7 heteroatoms. The second-order valence-electron chi connectivity index (χ2n) is 4.74. The van der Waals surface area contributed by atoms with Crippen molar-refractivity contribution in [3.8, 4) is 0 Å². The number of thiophene rings is 1. The van der Waals surface area contributed by atoms with E-state index in [1.54, 1.807) is 16.2 Å². The van der Waals surface area contributed by atoms with Gasteiger partial charge in [0.05, 0.1) is 6.42 Å². The van der Waals surface area contributed by atoms with Crippen molar-refractivity contribution in [2.45, 2.75) is 26.3 Å². The van der Waals surface area contributed by atoms with Gasteiger partial charge in [0.1, 0.15) is 0 Å². The number of H-pyrrole nitrogens is 2. The highest BCUT2D eigenvalue weighted by atomic mass is 32.1. The Labute approximate surface area is 125 Å². The van der Waals surface area contributed by atoms with Crippen molar-refractivity contribution in [2.75, 3.05) is 6.54 Å².